The molecule has 0 radical (unpaired) electrons. The van der Waals surface area contributed by atoms with Crippen LogP contribution in [0.3, 0.4) is 0 Å². The van der Waals surface area contributed by atoms with Crippen LogP contribution in [0.2, 0.25) is 0 Å². The van der Waals surface area contributed by atoms with Gasteiger partial charge in [-0.3, -0.25) is 10.1 Å². The monoisotopic (exact) mass is 352 g/mol. The number of rotatable bonds is 4. The van der Waals surface area contributed by atoms with Crippen LogP contribution in [0.25, 0.3) is 0 Å². The van der Waals surface area contributed by atoms with Gasteiger partial charge in [-0.25, -0.2) is 14.6 Å². The summed E-state index contributed by atoms with van der Waals surface area (Å²) < 4.78 is 5.20. The van der Waals surface area contributed by atoms with Gasteiger partial charge in [0.15, 0.2) is 5.54 Å². The largest absolute Gasteiger partial charge is 0.444 e. The minimum Gasteiger partial charge on any atom is -0.444 e. The number of nitrogens with one attached hydrogen (secondary N) is 3. The van der Waals surface area contributed by atoms with E-state index in [4.69, 9.17) is 4.74 Å². The number of carbonyl (C=O) groups excluding carboxylic acids is 3. The highest BCUT2D eigenvalue weighted by Gasteiger charge is 2.52. The summed E-state index contributed by atoms with van der Waals surface area (Å²) in [4.78, 5) is 41.5. The maximum Gasteiger partial charge on any atom is 0.407 e. The highest BCUT2D eigenvalue weighted by Crippen LogP contribution is 2.46. The van der Waals surface area contributed by atoms with Gasteiger partial charge in [-0.15, -0.1) is 11.3 Å². The minimum absolute atomic E-state index is 0.122. The van der Waals surface area contributed by atoms with Crippen LogP contribution in [0, 0.1) is 0 Å². The van der Waals surface area contributed by atoms with Crippen LogP contribution < -0.4 is 16.0 Å². The Balaban J connectivity index is 1.84. The van der Waals surface area contributed by atoms with Crippen LogP contribution in [-0.4, -0.2) is 35.2 Å². The number of carbonyl (C=O) groups is 3. The lowest BCUT2D eigenvalue weighted by molar-refractivity contribution is -0.124. The number of ether oxygens (including phenoxy) is 1. The Bertz CT molecular complexity index is 692. The molecule has 0 spiro atoms. The second-order valence-electron chi connectivity index (χ2n) is 7.01. The van der Waals surface area contributed by atoms with Gasteiger partial charge in [0, 0.05) is 4.88 Å². The van der Waals surface area contributed by atoms with Crippen LogP contribution in [0.4, 0.5) is 9.59 Å². The molecular weight excluding hydrogens is 332 g/mol. The van der Waals surface area contributed by atoms with Crippen molar-refractivity contribution < 1.29 is 19.1 Å². The average molecular weight is 352 g/mol. The lowest BCUT2D eigenvalue weighted by Gasteiger charge is -2.27. The van der Waals surface area contributed by atoms with E-state index in [0.717, 1.165) is 17.7 Å². The molecule has 1 saturated heterocycles. The van der Waals surface area contributed by atoms with E-state index in [-0.39, 0.29) is 6.54 Å². The fourth-order valence-electron chi connectivity index (χ4n) is 2.60. The molecule has 2 heterocycles. The molecule has 8 nitrogen and oxygen atoms in total. The smallest absolute Gasteiger partial charge is 0.407 e. The zero-order chi connectivity index (χ0) is 17.5. The predicted molar refractivity (Wildman–Crippen MR) is 86.7 cm³/mol. The summed E-state index contributed by atoms with van der Waals surface area (Å²) in [6.07, 6.45) is 1.43. The molecule has 9 heteroatoms. The van der Waals surface area contributed by atoms with Gasteiger partial charge in [-0.2, -0.15) is 0 Å². The third kappa shape index (κ3) is 3.21. The molecule has 2 aliphatic rings. The van der Waals surface area contributed by atoms with E-state index in [1.807, 2.05) is 0 Å². The standard InChI is InChI=1S/C15H20N4O4S/c1-14(2,3)23-13(22)16-6-15(11(20)18-12(21)19-15)10-9(8-4-5-8)24-7-17-10/h7-8H,4-6H2,1-3H3,(H,16,22)(H2,18,19,20,21)/t15-/m1/s1. The molecule has 1 atom stereocenters. The maximum absolute atomic E-state index is 12.5. The van der Waals surface area contributed by atoms with Crippen molar-refractivity contribution in [3.63, 3.8) is 0 Å². The van der Waals surface area contributed by atoms with Gasteiger partial charge in [-0.1, -0.05) is 0 Å². The molecule has 1 saturated carbocycles. The topological polar surface area (TPSA) is 109 Å². The van der Waals surface area contributed by atoms with Crippen molar-refractivity contribution in [3.05, 3.63) is 16.1 Å². The first-order chi connectivity index (χ1) is 11.2. The van der Waals surface area contributed by atoms with Crippen molar-refractivity contribution in [1.82, 2.24) is 20.9 Å². The summed E-state index contributed by atoms with van der Waals surface area (Å²) in [6.45, 7) is 5.12. The number of hydrogen-bond acceptors (Lipinski definition) is 6. The molecule has 24 heavy (non-hydrogen) atoms. The summed E-state index contributed by atoms with van der Waals surface area (Å²) in [5.41, 5.74) is 0.120. The van der Waals surface area contributed by atoms with Crippen LogP contribution >= 0.6 is 11.3 Å². The first-order valence-corrected chi connectivity index (χ1v) is 8.63. The van der Waals surface area contributed by atoms with Gasteiger partial charge in [0.2, 0.25) is 0 Å². The Morgan fingerprint density at radius 3 is 2.71 bits per heavy atom. The highest BCUT2D eigenvalue weighted by atomic mass is 32.1. The van der Waals surface area contributed by atoms with E-state index in [0.29, 0.717) is 11.6 Å². The molecule has 2 fully saturated rings. The van der Waals surface area contributed by atoms with E-state index in [9.17, 15) is 14.4 Å². The SMILES string of the molecule is CC(C)(C)OC(=O)NC[C@]1(c2ncsc2C2CC2)NC(=O)NC1=O. The van der Waals surface area contributed by atoms with Gasteiger partial charge < -0.3 is 15.4 Å². The summed E-state index contributed by atoms with van der Waals surface area (Å²) in [7, 11) is 0. The van der Waals surface area contributed by atoms with Crippen LogP contribution in [-0.2, 0) is 15.1 Å². The van der Waals surface area contributed by atoms with E-state index in [1.54, 1.807) is 26.3 Å². The van der Waals surface area contributed by atoms with E-state index in [2.05, 4.69) is 20.9 Å². The number of alkyl carbamates (subject to hydrolysis) is 1. The van der Waals surface area contributed by atoms with E-state index >= 15 is 0 Å². The Hall–Kier alpha value is -2.16. The molecule has 130 valence electrons. The van der Waals surface area contributed by atoms with E-state index < -0.39 is 29.2 Å². The normalized spacial score (nSPS) is 23.6. The average Bonchev–Trinajstić information content (AvgIpc) is 3.10. The second-order valence-corrected chi connectivity index (χ2v) is 7.89. The summed E-state index contributed by atoms with van der Waals surface area (Å²) in [5, 5.41) is 7.45. The highest BCUT2D eigenvalue weighted by molar-refractivity contribution is 7.09. The van der Waals surface area contributed by atoms with Crippen LogP contribution in [0.15, 0.2) is 5.51 Å². The van der Waals surface area contributed by atoms with Gasteiger partial charge >= 0.3 is 12.1 Å². The van der Waals surface area contributed by atoms with Crippen LogP contribution in [0.1, 0.15) is 50.1 Å². The Morgan fingerprint density at radius 1 is 1.46 bits per heavy atom. The number of imide groups is 1. The number of amides is 4. The molecule has 0 unspecified atom stereocenters. The molecular formula is C15H20N4O4S. The van der Waals surface area contributed by atoms with Gasteiger partial charge in [0.25, 0.3) is 5.91 Å². The zero-order valence-corrected chi connectivity index (χ0v) is 14.6. The fraction of sp³-hybridized carbons (Fsp3) is 0.600. The van der Waals surface area contributed by atoms with E-state index in [1.165, 1.54) is 11.3 Å². The Kier molecular flexibility index (Phi) is 3.98. The second kappa shape index (κ2) is 5.73. The number of hydrogen-bond donors (Lipinski definition) is 3. The quantitative estimate of drug-likeness (QED) is 0.713. The first-order valence-electron chi connectivity index (χ1n) is 7.75. The Labute approximate surface area is 143 Å². The molecule has 0 bridgehead atoms. The number of urea groups is 1. The van der Waals surface area contributed by atoms with Crippen LogP contribution in [0.5, 0.6) is 0 Å². The lowest BCUT2D eigenvalue weighted by atomic mass is 9.93. The summed E-state index contributed by atoms with van der Waals surface area (Å²) in [5.74, 6) is -0.146. The van der Waals surface area contributed by atoms with Crippen molar-refractivity contribution in [2.75, 3.05) is 6.54 Å². The van der Waals surface area contributed by atoms with Gasteiger partial charge in [0.1, 0.15) is 5.60 Å². The van der Waals surface area contributed by atoms with Gasteiger partial charge in [0.05, 0.1) is 17.7 Å². The number of nitrogens with zero attached hydrogens (tertiary/aromatic N) is 1. The lowest BCUT2D eigenvalue weighted by Crippen LogP contribution is -2.53. The molecule has 0 aromatic carbocycles. The van der Waals surface area contributed by atoms with Crippen molar-refractivity contribution in [3.8, 4) is 0 Å². The maximum atomic E-state index is 12.5. The molecule has 1 aliphatic carbocycles. The molecule has 1 aliphatic heterocycles. The van der Waals surface area contributed by atoms with Crippen molar-refractivity contribution in [1.29, 1.82) is 0 Å². The summed E-state index contributed by atoms with van der Waals surface area (Å²) in [6, 6.07) is -0.597. The third-order valence-corrected chi connectivity index (χ3v) is 4.78. The first kappa shape index (κ1) is 16.7. The van der Waals surface area contributed by atoms with Crippen molar-refractivity contribution >= 4 is 29.4 Å². The molecule has 1 aromatic rings. The zero-order valence-electron chi connectivity index (χ0n) is 13.8. The number of aromatic nitrogens is 1. The molecule has 3 N–H and O–H groups in total. The fourth-order valence-corrected chi connectivity index (χ4v) is 3.63. The van der Waals surface area contributed by atoms with Crippen molar-refractivity contribution in [2.24, 2.45) is 0 Å². The third-order valence-electron chi connectivity index (χ3n) is 3.79. The summed E-state index contributed by atoms with van der Waals surface area (Å²) >= 11 is 1.47. The Morgan fingerprint density at radius 2 is 2.17 bits per heavy atom. The number of thiazole rings is 1. The minimum atomic E-state index is -1.40. The predicted octanol–water partition coefficient (Wildman–Crippen LogP) is 1.58. The molecule has 3 rings (SSSR count). The van der Waals surface area contributed by atoms with Crippen molar-refractivity contribution in [2.45, 2.75) is 50.7 Å². The molecule has 1 aromatic heterocycles. The van der Waals surface area contributed by atoms with Gasteiger partial charge in [-0.05, 0) is 39.5 Å². The molecule has 4 amide bonds.